The van der Waals surface area contributed by atoms with Crippen molar-refractivity contribution in [1.29, 1.82) is 0 Å². The van der Waals surface area contributed by atoms with Gasteiger partial charge in [-0.15, -0.1) is 0 Å². The van der Waals surface area contributed by atoms with Crippen LogP contribution in [-0.2, 0) is 0 Å². The van der Waals surface area contributed by atoms with Gasteiger partial charge < -0.3 is 10.4 Å². The summed E-state index contributed by atoms with van der Waals surface area (Å²) in [6.07, 6.45) is 0. The van der Waals surface area contributed by atoms with Gasteiger partial charge in [0.2, 0.25) is 0 Å². The average Bonchev–Trinajstić information content (AvgIpc) is 2.34. The zero-order valence-electron chi connectivity index (χ0n) is 9.77. The maximum absolute atomic E-state index is 10.8. The molecule has 0 unspecified atom stereocenters. The van der Waals surface area contributed by atoms with Gasteiger partial charge >= 0.3 is 5.97 Å². The van der Waals surface area contributed by atoms with Crippen LogP contribution in [0.25, 0.3) is 0 Å². The highest BCUT2D eigenvalue weighted by atomic mass is 35.5. The van der Waals surface area contributed by atoms with Crippen LogP contribution >= 0.6 is 11.6 Å². The number of rotatable bonds is 3. The van der Waals surface area contributed by atoms with Crippen molar-refractivity contribution in [2.24, 2.45) is 0 Å². The minimum atomic E-state index is -0.928. The average molecular weight is 262 g/mol. The molecule has 0 aromatic heterocycles. The molecule has 0 aliphatic carbocycles. The van der Waals surface area contributed by atoms with Gasteiger partial charge in [-0.25, -0.2) is 4.79 Å². The Morgan fingerprint density at radius 2 is 1.89 bits per heavy atom. The lowest BCUT2D eigenvalue weighted by Gasteiger charge is -2.11. The molecule has 2 rings (SSSR count). The summed E-state index contributed by atoms with van der Waals surface area (Å²) in [5.74, 6) is -0.928. The van der Waals surface area contributed by atoms with Crippen molar-refractivity contribution in [1.82, 2.24) is 0 Å². The van der Waals surface area contributed by atoms with Crippen LogP contribution in [0.5, 0.6) is 0 Å². The first-order valence-electron chi connectivity index (χ1n) is 5.43. The number of benzene rings is 2. The van der Waals surface area contributed by atoms with Crippen LogP contribution in [0.1, 0.15) is 15.9 Å². The van der Waals surface area contributed by atoms with E-state index in [0.717, 1.165) is 16.9 Å². The summed E-state index contributed by atoms with van der Waals surface area (Å²) in [7, 11) is 0. The lowest BCUT2D eigenvalue weighted by molar-refractivity contribution is 0.0697. The summed E-state index contributed by atoms with van der Waals surface area (Å²) in [5.41, 5.74) is 2.77. The van der Waals surface area contributed by atoms with E-state index in [1.165, 1.54) is 0 Å². The Bertz CT molecular complexity index is 596. The number of carbonyl (C=O) groups is 1. The largest absolute Gasteiger partial charge is 0.478 e. The quantitative estimate of drug-likeness (QED) is 0.875. The number of aryl methyl sites for hydroxylation is 1. The Morgan fingerprint density at radius 3 is 2.50 bits per heavy atom. The monoisotopic (exact) mass is 261 g/mol. The SMILES string of the molecule is Cc1cc(C(=O)O)ccc1Nc1ccccc1Cl. The van der Waals surface area contributed by atoms with Gasteiger partial charge in [0.1, 0.15) is 0 Å². The number of carboxylic acids is 1. The molecule has 0 heterocycles. The van der Waals surface area contributed by atoms with Gasteiger partial charge in [0.25, 0.3) is 0 Å². The highest BCUT2D eigenvalue weighted by Gasteiger charge is 2.06. The first kappa shape index (κ1) is 12.5. The second-order valence-electron chi connectivity index (χ2n) is 3.94. The maximum Gasteiger partial charge on any atom is 0.335 e. The normalized spacial score (nSPS) is 10.1. The van der Waals surface area contributed by atoms with E-state index in [1.54, 1.807) is 24.3 Å². The third-order valence-corrected chi connectivity index (χ3v) is 2.95. The maximum atomic E-state index is 10.8. The number of anilines is 2. The lowest BCUT2D eigenvalue weighted by atomic mass is 10.1. The number of para-hydroxylation sites is 1. The van der Waals surface area contributed by atoms with E-state index in [0.29, 0.717) is 5.02 Å². The smallest absolute Gasteiger partial charge is 0.335 e. The van der Waals surface area contributed by atoms with Gasteiger partial charge in [-0.2, -0.15) is 0 Å². The van der Waals surface area contributed by atoms with E-state index in [-0.39, 0.29) is 5.56 Å². The van der Waals surface area contributed by atoms with E-state index in [2.05, 4.69) is 5.32 Å². The molecule has 0 spiro atoms. The Hall–Kier alpha value is -2.00. The second kappa shape index (κ2) is 5.10. The zero-order valence-corrected chi connectivity index (χ0v) is 10.5. The van der Waals surface area contributed by atoms with Gasteiger partial charge in [0.15, 0.2) is 0 Å². The fourth-order valence-corrected chi connectivity index (χ4v) is 1.83. The Kier molecular flexibility index (Phi) is 3.53. The molecule has 0 radical (unpaired) electrons. The van der Waals surface area contributed by atoms with E-state index in [9.17, 15) is 4.79 Å². The summed E-state index contributed by atoms with van der Waals surface area (Å²) >= 11 is 6.05. The van der Waals surface area contributed by atoms with Crippen molar-refractivity contribution in [2.75, 3.05) is 5.32 Å². The topological polar surface area (TPSA) is 49.3 Å². The molecule has 0 saturated carbocycles. The van der Waals surface area contributed by atoms with Gasteiger partial charge in [-0.05, 0) is 42.8 Å². The van der Waals surface area contributed by atoms with Gasteiger partial charge in [0.05, 0.1) is 16.3 Å². The number of halogens is 1. The molecule has 18 heavy (non-hydrogen) atoms. The molecule has 92 valence electrons. The Labute approximate surface area is 110 Å². The zero-order chi connectivity index (χ0) is 13.1. The molecule has 0 bridgehead atoms. The van der Waals surface area contributed by atoms with Crippen LogP contribution in [0.4, 0.5) is 11.4 Å². The van der Waals surface area contributed by atoms with Crippen molar-refractivity contribution in [3.05, 3.63) is 58.6 Å². The standard InChI is InChI=1S/C14H12ClNO2/c1-9-8-10(14(17)18)6-7-12(9)16-13-5-3-2-4-11(13)15/h2-8,16H,1H3,(H,17,18). The molecule has 2 N–H and O–H groups in total. The van der Waals surface area contributed by atoms with Crippen molar-refractivity contribution >= 4 is 28.9 Å². The summed E-state index contributed by atoms with van der Waals surface area (Å²) in [4.78, 5) is 10.8. The van der Waals surface area contributed by atoms with Gasteiger partial charge in [0, 0.05) is 5.69 Å². The highest BCUT2D eigenvalue weighted by Crippen LogP contribution is 2.27. The van der Waals surface area contributed by atoms with E-state index in [1.807, 2.05) is 25.1 Å². The van der Waals surface area contributed by atoms with Crippen LogP contribution in [-0.4, -0.2) is 11.1 Å². The molecule has 4 heteroatoms. The molecule has 3 nitrogen and oxygen atoms in total. The summed E-state index contributed by atoms with van der Waals surface area (Å²) < 4.78 is 0. The molecule has 0 amide bonds. The fourth-order valence-electron chi connectivity index (χ4n) is 1.64. The first-order valence-corrected chi connectivity index (χ1v) is 5.81. The van der Waals surface area contributed by atoms with Crippen LogP contribution in [0, 0.1) is 6.92 Å². The first-order chi connectivity index (χ1) is 8.58. The molecular weight excluding hydrogens is 250 g/mol. The Morgan fingerprint density at radius 1 is 1.17 bits per heavy atom. The predicted molar refractivity (Wildman–Crippen MR) is 72.9 cm³/mol. The van der Waals surface area contributed by atoms with Crippen LogP contribution < -0.4 is 5.32 Å². The molecule has 0 saturated heterocycles. The van der Waals surface area contributed by atoms with Crippen molar-refractivity contribution in [2.45, 2.75) is 6.92 Å². The van der Waals surface area contributed by atoms with Crippen LogP contribution in [0.2, 0.25) is 5.02 Å². The summed E-state index contributed by atoms with van der Waals surface area (Å²) in [6, 6.07) is 12.3. The minimum absolute atomic E-state index is 0.275. The fraction of sp³-hybridized carbons (Fsp3) is 0.0714. The van der Waals surface area contributed by atoms with E-state index < -0.39 is 5.97 Å². The molecule has 0 fully saturated rings. The summed E-state index contributed by atoms with van der Waals surface area (Å²) in [6.45, 7) is 1.85. The summed E-state index contributed by atoms with van der Waals surface area (Å²) in [5, 5.41) is 12.7. The second-order valence-corrected chi connectivity index (χ2v) is 4.35. The molecule has 0 atom stereocenters. The third-order valence-electron chi connectivity index (χ3n) is 2.62. The molecular formula is C14H12ClNO2. The number of hydrogen-bond acceptors (Lipinski definition) is 2. The molecule has 2 aromatic carbocycles. The lowest BCUT2D eigenvalue weighted by Crippen LogP contribution is -1.99. The Balaban J connectivity index is 2.30. The number of nitrogens with one attached hydrogen (secondary N) is 1. The molecule has 0 aliphatic heterocycles. The minimum Gasteiger partial charge on any atom is -0.478 e. The van der Waals surface area contributed by atoms with Crippen LogP contribution in [0.3, 0.4) is 0 Å². The van der Waals surface area contributed by atoms with Gasteiger partial charge in [-0.1, -0.05) is 23.7 Å². The third kappa shape index (κ3) is 2.63. The van der Waals surface area contributed by atoms with Crippen LogP contribution in [0.15, 0.2) is 42.5 Å². The molecule has 2 aromatic rings. The molecule has 0 aliphatic rings. The predicted octanol–water partition coefficient (Wildman–Crippen LogP) is 4.09. The van der Waals surface area contributed by atoms with E-state index in [4.69, 9.17) is 16.7 Å². The van der Waals surface area contributed by atoms with Crippen molar-refractivity contribution in [3.63, 3.8) is 0 Å². The number of aromatic carboxylic acids is 1. The van der Waals surface area contributed by atoms with Crippen molar-refractivity contribution in [3.8, 4) is 0 Å². The van der Waals surface area contributed by atoms with Gasteiger partial charge in [-0.3, -0.25) is 0 Å². The van der Waals surface area contributed by atoms with Crippen molar-refractivity contribution < 1.29 is 9.90 Å². The highest BCUT2D eigenvalue weighted by molar-refractivity contribution is 6.33. The van der Waals surface area contributed by atoms with E-state index >= 15 is 0 Å². The number of carboxylic acid groups (broad SMARTS) is 1. The number of hydrogen-bond donors (Lipinski definition) is 2.